The van der Waals surface area contributed by atoms with Gasteiger partial charge < -0.3 is 15.6 Å². The number of carbonyl (C=O) groups is 1. The molecule has 7 nitrogen and oxygen atoms in total. The first-order valence-electron chi connectivity index (χ1n) is 9.76. The van der Waals surface area contributed by atoms with E-state index < -0.39 is 0 Å². The lowest BCUT2D eigenvalue weighted by Gasteiger charge is -2.13. The van der Waals surface area contributed by atoms with Crippen molar-refractivity contribution in [3.8, 4) is 11.3 Å². The number of nitrogens with zero attached hydrogens (tertiary/aromatic N) is 3. The minimum absolute atomic E-state index is 0.209. The highest BCUT2D eigenvalue weighted by atomic mass is 16.1. The molecule has 1 aromatic carbocycles. The molecule has 0 atom stereocenters. The van der Waals surface area contributed by atoms with Crippen molar-refractivity contribution in [1.82, 2.24) is 25.3 Å². The number of carbonyl (C=O) groups excluding carboxylic acids is 1. The number of pyridine rings is 2. The van der Waals surface area contributed by atoms with Gasteiger partial charge in [0.15, 0.2) is 0 Å². The van der Waals surface area contributed by atoms with E-state index in [2.05, 4.69) is 25.6 Å². The standard InChI is InChI=1S/C23H22N6O/c30-23(28-16-21-25-14-15-26-21)19-9-10-20(17-6-2-1-3-7-17)29-22(19)27-13-11-18-8-4-5-12-24-18/h1-10,12,14-15H,11,13,16H2,(H,25,26)(H,27,29)(H,28,30). The summed E-state index contributed by atoms with van der Waals surface area (Å²) >= 11 is 0. The van der Waals surface area contributed by atoms with Crippen LogP contribution in [0.2, 0.25) is 0 Å². The van der Waals surface area contributed by atoms with Gasteiger partial charge in [-0.2, -0.15) is 0 Å². The van der Waals surface area contributed by atoms with Crippen LogP contribution >= 0.6 is 0 Å². The van der Waals surface area contributed by atoms with Crippen LogP contribution in [0.3, 0.4) is 0 Å². The topological polar surface area (TPSA) is 95.6 Å². The van der Waals surface area contributed by atoms with Crippen molar-refractivity contribution in [3.05, 3.63) is 96.3 Å². The Morgan fingerprint density at radius 2 is 1.80 bits per heavy atom. The highest BCUT2D eigenvalue weighted by molar-refractivity contribution is 5.99. The van der Waals surface area contributed by atoms with Gasteiger partial charge >= 0.3 is 0 Å². The molecule has 150 valence electrons. The second-order valence-corrected chi connectivity index (χ2v) is 6.68. The molecule has 0 bridgehead atoms. The molecule has 0 radical (unpaired) electrons. The van der Waals surface area contributed by atoms with Crippen molar-refractivity contribution in [2.45, 2.75) is 13.0 Å². The second kappa shape index (κ2) is 9.47. The minimum atomic E-state index is -0.209. The summed E-state index contributed by atoms with van der Waals surface area (Å²) in [6, 6.07) is 19.4. The first-order valence-corrected chi connectivity index (χ1v) is 9.76. The first kappa shape index (κ1) is 19.3. The Balaban J connectivity index is 1.53. The summed E-state index contributed by atoms with van der Waals surface area (Å²) in [6.07, 6.45) is 5.88. The number of amides is 1. The monoisotopic (exact) mass is 398 g/mol. The lowest BCUT2D eigenvalue weighted by Crippen LogP contribution is -2.25. The van der Waals surface area contributed by atoms with Gasteiger partial charge in [0.05, 0.1) is 17.8 Å². The summed E-state index contributed by atoms with van der Waals surface area (Å²) in [5, 5.41) is 6.19. The number of imidazole rings is 1. The van der Waals surface area contributed by atoms with Crippen LogP contribution in [0, 0.1) is 0 Å². The molecule has 0 fully saturated rings. The fraction of sp³-hybridized carbons (Fsp3) is 0.130. The molecule has 0 aliphatic carbocycles. The average molecular weight is 398 g/mol. The van der Waals surface area contributed by atoms with Crippen molar-refractivity contribution in [2.75, 3.05) is 11.9 Å². The fourth-order valence-electron chi connectivity index (χ4n) is 3.06. The van der Waals surface area contributed by atoms with Crippen LogP contribution in [0.4, 0.5) is 5.82 Å². The maximum absolute atomic E-state index is 12.8. The summed E-state index contributed by atoms with van der Waals surface area (Å²) < 4.78 is 0. The maximum Gasteiger partial charge on any atom is 0.255 e. The van der Waals surface area contributed by atoms with Gasteiger partial charge in [-0.25, -0.2) is 9.97 Å². The van der Waals surface area contributed by atoms with Crippen molar-refractivity contribution in [2.24, 2.45) is 0 Å². The number of H-pyrrole nitrogens is 1. The minimum Gasteiger partial charge on any atom is -0.369 e. The average Bonchev–Trinajstić information content (AvgIpc) is 3.32. The van der Waals surface area contributed by atoms with Gasteiger partial charge in [-0.1, -0.05) is 36.4 Å². The molecule has 0 saturated heterocycles. The molecule has 1 amide bonds. The Kier molecular flexibility index (Phi) is 6.10. The summed E-state index contributed by atoms with van der Waals surface area (Å²) in [5.74, 6) is 1.03. The third kappa shape index (κ3) is 4.88. The number of hydrogen-bond acceptors (Lipinski definition) is 5. The molecule has 3 aromatic heterocycles. The van der Waals surface area contributed by atoms with Crippen LogP contribution in [0.1, 0.15) is 21.9 Å². The van der Waals surface area contributed by atoms with Crippen LogP contribution in [-0.2, 0) is 13.0 Å². The van der Waals surface area contributed by atoms with Gasteiger partial charge in [-0.3, -0.25) is 9.78 Å². The Hall–Kier alpha value is -4.00. The Bertz CT molecular complexity index is 1080. The highest BCUT2D eigenvalue weighted by Crippen LogP contribution is 2.22. The van der Waals surface area contributed by atoms with Crippen LogP contribution < -0.4 is 10.6 Å². The predicted molar refractivity (Wildman–Crippen MR) is 116 cm³/mol. The van der Waals surface area contributed by atoms with E-state index in [1.165, 1.54) is 0 Å². The zero-order chi connectivity index (χ0) is 20.6. The van der Waals surface area contributed by atoms with Gasteiger partial charge in [0.2, 0.25) is 0 Å². The van der Waals surface area contributed by atoms with Gasteiger partial charge in [-0.05, 0) is 24.3 Å². The molecule has 4 aromatic rings. The zero-order valence-corrected chi connectivity index (χ0v) is 16.4. The molecule has 0 aliphatic heterocycles. The summed E-state index contributed by atoms with van der Waals surface area (Å²) in [6.45, 7) is 0.931. The Labute approximate surface area is 174 Å². The summed E-state index contributed by atoms with van der Waals surface area (Å²) in [5.41, 5.74) is 3.27. The third-order valence-corrected chi connectivity index (χ3v) is 4.58. The van der Waals surface area contributed by atoms with Crippen molar-refractivity contribution < 1.29 is 4.79 Å². The van der Waals surface area contributed by atoms with E-state index in [4.69, 9.17) is 4.98 Å². The molecule has 3 N–H and O–H groups in total. The second-order valence-electron chi connectivity index (χ2n) is 6.68. The SMILES string of the molecule is O=C(NCc1ncc[nH]1)c1ccc(-c2ccccc2)nc1NCCc1ccccn1. The number of nitrogens with one attached hydrogen (secondary N) is 3. The summed E-state index contributed by atoms with van der Waals surface area (Å²) in [4.78, 5) is 29.0. The smallest absolute Gasteiger partial charge is 0.255 e. The van der Waals surface area contributed by atoms with Crippen molar-refractivity contribution >= 4 is 11.7 Å². The van der Waals surface area contributed by atoms with Crippen molar-refractivity contribution in [3.63, 3.8) is 0 Å². The summed E-state index contributed by atoms with van der Waals surface area (Å²) in [7, 11) is 0. The normalized spacial score (nSPS) is 10.5. The molecule has 7 heteroatoms. The first-order chi connectivity index (χ1) is 14.8. The molecule has 0 spiro atoms. The Morgan fingerprint density at radius 3 is 2.57 bits per heavy atom. The molecular weight excluding hydrogens is 376 g/mol. The molecular formula is C23H22N6O. The molecule has 4 rings (SSSR count). The third-order valence-electron chi connectivity index (χ3n) is 4.58. The molecule has 0 aliphatic rings. The number of benzene rings is 1. The van der Waals surface area contributed by atoms with Crippen LogP contribution in [-0.4, -0.2) is 32.4 Å². The van der Waals surface area contributed by atoms with E-state index >= 15 is 0 Å². The Morgan fingerprint density at radius 1 is 0.933 bits per heavy atom. The van der Waals surface area contributed by atoms with Crippen LogP contribution in [0.5, 0.6) is 0 Å². The van der Waals surface area contributed by atoms with E-state index in [0.29, 0.717) is 30.3 Å². The quantitative estimate of drug-likeness (QED) is 0.422. The van der Waals surface area contributed by atoms with Crippen LogP contribution in [0.15, 0.2) is 79.3 Å². The number of hydrogen-bond donors (Lipinski definition) is 3. The molecule has 0 unspecified atom stereocenters. The lowest BCUT2D eigenvalue weighted by molar-refractivity contribution is 0.0950. The van der Waals surface area contributed by atoms with Gasteiger partial charge in [0.25, 0.3) is 5.91 Å². The lowest BCUT2D eigenvalue weighted by atomic mass is 10.1. The fourth-order valence-corrected chi connectivity index (χ4v) is 3.06. The van der Waals surface area contributed by atoms with Crippen molar-refractivity contribution in [1.29, 1.82) is 0 Å². The van der Waals surface area contributed by atoms with Crippen LogP contribution in [0.25, 0.3) is 11.3 Å². The van der Waals surface area contributed by atoms with E-state index in [1.54, 1.807) is 24.7 Å². The van der Waals surface area contributed by atoms with Gasteiger partial charge in [-0.15, -0.1) is 0 Å². The maximum atomic E-state index is 12.8. The van der Waals surface area contributed by atoms with E-state index in [-0.39, 0.29) is 5.91 Å². The van der Waals surface area contributed by atoms with E-state index in [9.17, 15) is 4.79 Å². The highest BCUT2D eigenvalue weighted by Gasteiger charge is 2.14. The molecule has 30 heavy (non-hydrogen) atoms. The zero-order valence-electron chi connectivity index (χ0n) is 16.4. The number of rotatable bonds is 8. The predicted octanol–water partition coefficient (Wildman–Crippen LogP) is 3.45. The van der Waals surface area contributed by atoms with Gasteiger partial charge in [0.1, 0.15) is 11.6 Å². The number of aromatic nitrogens is 4. The van der Waals surface area contributed by atoms with Gasteiger partial charge in [0, 0.05) is 42.8 Å². The largest absolute Gasteiger partial charge is 0.369 e. The van der Waals surface area contributed by atoms with E-state index in [0.717, 1.165) is 23.4 Å². The number of anilines is 1. The molecule has 0 saturated carbocycles. The number of aromatic amines is 1. The van der Waals surface area contributed by atoms with E-state index in [1.807, 2.05) is 54.6 Å². The molecule has 3 heterocycles.